The van der Waals surface area contributed by atoms with Crippen LogP contribution in [0.5, 0.6) is 0 Å². The lowest BCUT2D eigenvalue weighted by atomic mass is 9.86. The molecule has 0 aliphatic heterocycles. The number of carbonyl (C=O) groups excluding carboxylic acids is 1. The third-order valence-electron chi connectivity index (χ3n) is 4.15. The van der Waals surface area contributed by atoms with E-state index >= 15 is 0 Å². The molecule has 2 amide bonds. The zero-order valence-electron chi connectivity index (χ0n) is 16.7. The van der Waals surface area contributed by atoms with Gasteiger partial charge in [0.1, 0.15) is 0 Å². The summed E-state index contributed by atoms with van der Waals surface area (Å²) in [5.41, 5.74) is 2.13. The van der Waals surface area contributed by atoms with Gasteiger partial charge in [-0.1, -0.05) is 26.8 Å². The van der Waals surface area contributed by atoms with Crippen molar-refractivity contribution in [3.05, 3.63) is 48.0 Å². The van der Waals surface area contributed by atoms with Crippen LogP contribution < -0.4 is 5.32 Å². The zero-order valence-corrected chi connectivity index (χ0v) is 16.7. The third-order valence-corrected chi connectivity index (χ3v) is 4.15. The molecule has 1 unspecified atom stereocenters. The Morgan fingerprint density at radius 3 is 2.58 bits per heavy atom. The molecule has 0 saturated carbocycles. The second-order valence-corrected chi connectivity index (χ2v) is 8.33. The number of hydrogen-bond acceptors (Lipinski definition) is 3. The Morgan fingerprint density at radius 2 is 2.04 bits per heavy atom. The average Bonchev–Trinajstić information content (AvgIpc) is 3.02. The van der Waals surface area contributed by atoms with E-state index in [-0.39, 0.29) is 17.5 Å². The molecular weight excluding hydrogens is 326 g/mol. The van der Waals surface area contributed by atoms with E-state index in [2.05, 4.69) is 50.0 Å². The largest absolute Gasteiger partial charge is 0.331 e. The quantitative estimate of drug-likeness (QED) is 0.843. The van der Waals surface area contributed by atoms with E-state index in [0.29, 0.717) is 12.6 Å². The van der Waals surface area contributed by atoms with Crippen LogP contribution in [0.25, 0.3) is 0 Å². The standard InChI is InChI=1S/C20H31N5O/c1-15(2)25-14-16(11-22-25)13-24(6)19(26)23-18(10-20(3,4)5)17-8-7-9-21-12-17/h7-9,11-12,14-15,18H,10,13H2,1-6H3,(H,23,26). The molecule has 0 radical (unpaired) electrons. The first-order chi connectivity index (χ1) is 12.2. The van der Waals surface area contributed by atoms with E-state index < -0.39 is 0 Å². The highest BCUT2D eigenvalue weighted by Gasteiger charge is 2.23. The summed E-state index contributed by atoms with van der Waals surface area (Å²) in [6.45, 7) is 11.2. The predicted molar refractivity (Wildman–Crippen MR) is 104 cm³/mol. The smallest absolute Gasteiger partial charge is 0.317 e. The van der Waals surface area contributed by atoms with Gasteiger partial charge < -0.3 is 10.2 Å². The summed E-state index contributed by atoms with van der Waals surface area (Å²) in [6.07, 6.45) is 8.21. The van der Waals surface area contributed by atoms with Crippen molar-refractivity contribution in [1.29, 1.82) is 0 Å². The van der Waals surface area contributed by atoms with Crippen molar-refractivity contribution < 1.29 is 4.79 Å². The van der Waals surface area contributed by atoms with Crippen molar-refractivity contribution >= 4 is 6.03 Å². The summed E-state index contributed by atoms with van der Waals surface area (Å²) in [7, 11) is 1.80. The molecule has 0 aromatic carbocycles. The molecule has 0 saturated heterocycles. The van der Waals surface area contributed by atoms with Gasteiger partial charge >= 0.3 is 6.03 Å². The fraction of sp³-hybridized carbons (Fsp3) is 0.550. The number of pyridine rings is 1. The molecule has 0 aliphatic rings. The van der Waals surface area contributed by atoms with Crippen LogP contribution >= 0.6 is 0 Å². The van der Waals surface area contributed by atoms with E-state index in [9.17, 15) is 4.79 Å². The van der Waals surface area contributed by atoms with Crippen LogP contribution in [0.2, 0.25) is 0 Å². The second kappa shape index (κ2) is 8.34. The topological polar surface area (TPSA) is 63.1 Å². The Hall–Kier alpha value is -2.37. The van der Waals surface area contributed by atoms with Gasteiger partial charge in [-0.25, -0.2) is 4.79 Å². The third kappa shape index (κ3) is 5.86. The van der Waals surface area contributed by atoms with Crippen LogP contribution in [0.4, 0.5) is 4.79 Å². The minimum atomic E-state index is -0.0969. The minimum absolute atomic E-state index is 0.0722. The molecule has 0 fully saturated rings. The van der Waals surface area contributed by atoms with Gasteiger partial charge in [0.05, 0.1) is 18.8 Å². The van der Waals surface area contributed by atoms with Gasteiger partial charge in [0.15, 0.2) is 0 Å². The number of nitrogens with zero attached hydrogens (tertiary/aromatic N) is 4. The van der Waals surface area contributed by atoms with Crippen LogP contribution in [-0.2, 0) is 6.54 Å². The van der Waals surface area contributed by atoms with Crippen LogP contribution in [0.15, 0.2) is 36.9 Å². The molecule has 6 nitrogen and oxygen atoms in total. The number of nitrogens with one attached hydrogen (secondary N) is 1. The van der Waals surface area contributed by atoms with Crippen molar-refractivity contribution in [3.63, 3.8) is 0 Å². The predicted octanol–water partition coefficient (Wildman–Crippen LogP) is 4.18. The van der Waals surface area contributed by atoms with Crippen molar-refractivity contribution in [2.75, 3.05) is 7.05 Å². The molecule has 2 aromatic heterocycles. The van der Waals surface area contributed by atoms with Gasteiger partial charge in [-0.2, -0.15) is 5.10 Å². The van der Waals surface area contributed by atoms with Crippen LogP contribution in [0.3, 0.4) is 0 Å². The highest BCUT2D eigenvalue weighted by molar-refractivity contribution is 5.74. The van der Waals surface area contributed by atoms with Gasteiger partial charge in [0.2, 0.25) is 0 Å². The molecule has 6 heteroatoms. The first-order valence-corrected chi connectivity index (χ1v) is 9.10. The van der Waals surface area contributed by atoms with E-state index in [1.165, 1.54) is 0 Å². The van der Waals surface area contributed by atoms with Gasteiger partial charge in [0.25, 0.3) is 0 Å². The lowest BCUT2D eigenvalue weighted by molar-refractivity contribution is 0.197. The van der Waals surface area contributed by atoms with Crippen molar-refractivity contribution in [2.24, 2.45) is 5.41 Å². The van der Waals surface area contributed by atoms with Crippen LogP contribution in [0.1, 0.15) is 64.3 Å². The number of amides is 2. The number of urea groups is 1. The first-order valence-electron chi connectivity index (χ1n) is 9.10. The van der Waals surface area contributed by atoms with Gasteiger partial charge in [-0.05, 0) is 37.3 Å². The normalized spacial score (nSPS) is 12.9. The van der Waals surface area contributed by atoms with Crippen LogP contribution in [0, 0.1) is 5.41 Å². The molecular formula is C20H31N5O. The monoisotopic (exact) mass is 357 g/mol. The second-order valence-electron chi connectivity index (χ2n) is 8.33. The Bertz CT molecular complexity index is 702. The molecule has 2 heterocycles. The molecule has 26 heavy (non-hydrogen) atoms. The molecule has 1 N–H and O–H groups in total. The van der Waals surface area contributed by atoms with E-state index in [1.807, 2.05) is 35.4 Å². The molecule has 2 aromatic rings. The van der Waals surface area contributed by atoms with Crippen molar-refractivity contribution in [3.8, 4) is 0 Å². The van der Waals surface area contributed by atoms with Gasteiger partial charge in [0, 0.05) is 37.2 Å². The van der Waals surface area contributed by atoms with Crippen molar-refractivity contribution in [1.82, 2.24) is 25.0 Å². The lowest BCUT2D eigenvalue weighted by Crippen LogP contribution is -2.40. The maximum Gasteiger partial charge on any atom is 0.317 e. The fourth-order valence-electron chi connectivity index (χ4n) is 2.79. The molecule has 0 bridgehead atoms. The summed E-state index contributed by atoms with van der Waals surface area (Å²) in [6, 6.07) is 4.06. The number of hydrogen-bond donors (Lipinski definition) is 1. The van der Waals surface area contributed by atoms with Gasteiger partial charge in [-0.3, -0.25) is 9.67 Å². The van der Waals surface area contributed by atoms with E-state index in [4.69, 9.17) is 0 Å². The maximum absolute atomic E-state index is 12.7. The highest BCUT2D eigenvalue weighted by atomic mass is 16.2. The Morgan fingerprint density at radius 1 is 1.31 bits per heavy atom. The first kappa shape index (κ1) is 19.9. The minimum Gasteiger partial charge on any atom is -0.331 e. The zero-order chi connectivity index (χ0) is 19.3. The SMILES string of the molecule is CC(C)n1cc(CN(C)C(=O)NC(CC(C)(C)C)c2cccnc2)cn1. The van der Waals surface area contributed by atoms with Gasteiger partial charge in [-0.15, -0.1) is 0 Å². The Balaban J connectivity index is 2.05. The summed E-state index contributed by atoms with van der Waals surface area (Å²) in [5.74, 6) is 0. The summed E-state index contributed by atoms with van der Waals surface area (Å²) in [4.78, 5) is 18.6. The Kier molecular flexibility index (Phi) is 6.40. The maximum atomic E-state index is 12.7. The molecule has 0 spiro atoms. The molecule has 1 atom stereocenters. The van der Waals surface area contributed by atoms with E-state index in [0.717, 1.165) is 17.5 Å². The molecule has 2 rings (SSSR count). The van der Waals surface area contributed by atoms with Crippen molar-refractivity contribution in [2.45, 2.75) is 59.7 Å². The summed E-state index contributed by atoms with van der Waals surface area (Å²) >= 11 is 0. The lowest BCUT2D eigenvalue weighted by Gasteiger charge is -2.29. The molecule has 0 aliphatic carbocycles. The highest BCUT2D eigenvalue weighted by Crippen LogP contribution is 2.29. The molecule has 142 valence electrons. The Labute approximate surface area is 156 Å². The number of carbonyl (C=O) groups is 1. The fourth-order valence-corrected chi connectivity index (χ4v) is 2.79. The average molecular weight is 358 g/mol. The number of rotatable bonds is 6. The van der Waals surface area contributed by atoms with Crippen LogP contribution in [-0.4, -0.2) is 32.7 Å². The number of aromatic nitrogens is 3. The summed E-state index contributed by atoms with van der Waals surface area (Å²) in [5, 5.41) is 7.49. The van der Waals surface area contributed by atoms with E-state index in [1.54, 1.807) is 18.1 Å². The summed E-state index contributed by atoms with van der Waals surface area (Å²) < 4.78 is 1.90.